The lowest BCUT2D eigenvalue weighted by atomic mass is 9.86. The van der Waals surface area contributed by atoms with Crippen LogP contribution in [-0.4, -0.2) is 39.9 Å². The second kappa shape index (κ2) is 10.5. The Balaban J connectivity index is 2.41. The predicted octanol–water partition coefficient (Wildman–Crippen LogP) is 6.29. The van der Waals surface area contributed by atoms with Gasteiger partial charge in [0, 0.05) is 30.2 Å². The molecular formula is C27H42N4O2S. The standard InChI is InChI=1S/C27H42N4O2S/c1-11-18-19(12-2)28-15-14-20(18)29-24(33)30-27(9)16-21(23(32)31(10)25(4,5)6)34-22(17-27)26(7,8)13-3/h14-17H,11-13H2,1-10H3,(H2,28,29,30,33). The molecule has 34 heavy (non-hydrogen) atoms. The Morgan fingerprint density at radius 1 is 1.09 bits per heavy atom. The molecule has 1 aromatic heterocycles. The van der Waals surface area contributed by atoms with Gasteiger partial charge in [-0.3, -0.25) is 9.78 Å². The summed E-state index contributed by atoms with van der Waals surface area (Å²) in [6, 6.07) is 1.52. The van der Waals surface area contributed by atoms with Crippen molar-refractivity contribution in [3.8, 4) is 0 Å². The summed E-state index contributed by atoms with van der Waals surface area (Å²) in [5.41, 5.74) is 1.56. The third-order valence-electron chi connectivity index (χ3n) is 6.62. The van der Waals surface area contributed by atoms with E-state index >= 15 is 0 Å². The van der Waals surface area contributed by atoms with E-state index in [-0.39, 0.29) is 22.9 Å². The highest BCUT2D eigenvalue weighted by Crippen LogP contribution is 2.46. The molecule has 1 atom stereocenters. The number of urea groups is 1. The molecule has 188 valence electrons. The van der Waals surface area contributed by atoms with Crippen LogP contribution in [-0.2, 0) is 17.6 Å². The smallest absolute Gasteiger partial charge is 0.320 e. The van der Waals surface area contributed by atoms with E-state index < -0.39 is 5.54 Å². The minimum absolute atomic E-state index is 0.0431. The van der Waals surface area contributed by atoms with Crippen molar-refractivity contribution in [2.24, 2.45) is 5.41 Å². The summed E-state index contributed by atoms with van der Waals surface area (Å²) in [4.78, 5) is 34.5. The minimum atomic E-state index is -0.812. The lowest BCUT2D eigenvalue weighted by Crippen LogP contribution is -2.48. The van der Waals surface area contributed by atoms with E-state index in [1.165, 1.54) is 11.8 Å². The summed E-state index contributed by atoms with van der Waals surface area (Å²) < 4.78 is 0. The van der Waals surface area contributed by atoms with Gasteiger partial charge in [-0.15, -0.1) is 0 Å². The quantitative estimate of drug-likeness (QED) is 0.475. The topological polar surface area (TPSA) is 74.3 Å². The van der Waals surface area contributed by atoms with Crippen molar-refractivity contribution in [1.29, 1.82) is 0 Å². The largest absolute Gasteiger partial charge is 0.336 e. The molecule has 0 aliphatic carbocycles. The van der Waals surface area contributed by atoms with E-state index in [9.17, 15) is 9.59 Å². The Morgan fingerprint density at radius 2 is 1.74 bits per heavy atom. The number of amides is 3. The van der Waals surface area contributed by atoms with E-state index in [2.05, 4.69) is 56.3 Å². The zero-order valence-electron chi connectivity index (χ0n) is 22.5. The number of anilines is 1. The van der Waals surface area contributed by atoms with Gasteiger partial charge in [0.25, 0.3) is 5.91 Å². The van der Waals surface area contributed by atoms with Gasteiger partial charge in [0.15, 0.2) is 0 Å². The number of aryl methyl sites for hydroxylation is 1. The summed E-state index contributed by atoms with van der Waals surface area (Å²) in [5, 5.41) is 6.13. The van der Waals surface area contributed by atoms with E-state index in [1.54, 1.807) is 11.1 Å². The lowest BCUT2D eigenvalue weighted by molar-refractivity contribution is -0.129. The zero-order chi connectivity index (χ0) is 25.9. The van der Waals surface area contributed by atoms with E-state index in [1.807, 2.05) is 46.9 Å². The molecule has 2 heterocycles. The number of rotatable bonds is 7. The second-order valence-corrected chi connectivity index (χ2v) is 11.8. The molecule has 1 aliphatic rings. The van der Waals surface area contributed by atoms with Crippen molar-refractivity contribution < 1.29 is 9.59 Å². The highest BCUT2D eigenvalue weighted by atomic mass is 32.2. The summed E-state index contributed by atoms with van der Waals surface area (Å²) in [5.74, 6) is -0.0431. The van der Waals surface area contributed by atoms with Crippen molar-refractivity contribution in [2.75, 3.05) is 12.4 Å². The minimum Gasteiger partial charge on any atom is -0.336 e. The van der Waals surface area contributed by atoms with Crippen LogP contribution in [0.15, 0.2) is 34.2 Å². The highest BCUT2D eigenvalue weighted by Gasteiger charge is 2.37. The number of thioether (sulfide) groups is 1. The van der Waals surface area contributed by atoms with Crippen LogP contribution in [0, 0.1) is 5.41 Å². The van der Waals surface area contributed by atoms with E-state index in [0.717, 1.165) is 41.1 Å². The fourth-order valence-electron chi connectivity index (χ4n) is 3.67. The van der Waals surface area contributed by atoms with Gasteiger partial charge in [-0.05, 0) is 81.1 Å². The molecule has 0 aromatic carbocycles. The Morgan fingerprint density at radius 3 is 2.26 bits per heavy atom. The van der Waals surface area contributed by atoms with Crippen molar-refractivity contribution in [1.82, 2.24) is 15.2 Å². The Hall–Kier alpha value is -2.28. The monoisotopic (exact) mass is 486 g/mol. The van der Waals surface area contributed by atoms with Crippen LogP contribution >= 0.6 is 11.8 Å². The van der Waals surface area contributed by atoms with Gasteiger partial charge in [0.1, 0.15) is 0 Å². The molecule has 6 nitrogen and oxygen atoms in total. The maximum absolute atomic E-state index is 13.4. The van der Waals surface area contributed by atoms with Gasteiger partial charge in [0.05, 0.1) is 10.4 Å². The molecule has 0 spiro atoms. The number of hydrogen-bond donors (Lipinski definition) is 2. The van der Waals surface area contributed by atoms with Crippen LogP contribution in [0.2, 0.25) is 0 Å². The first-order valence-corrected chi connectivity index (χ1v) is 13.0. The van der Waals surface area contributed by atoms with Gasteiger partial charge < -0.3 is 15.5 Å². The van der Waals surface area contributed by atoms with E-state index in [0.29, 0.717) is 4.91 Å². The molecule has 0 saturated heterocycles. The third kappa shape index (κ3) is 6.44. The number of likely N-dealkylation sites (N-methyl/N-ethyl adjacent to an activating group) is 1. The third-order valence-corrected chi connectivity index (χ3v) is 8.02. The maximum atomic E-state index is 13.4. The zero-order valence-corrected chi connectivity index (χ0v) is 23.4. The highest BCUT2D eigenvalue weighted by molar-refractivity contribution is 8.07. The first-order chi connectivity index (χ1) is 15.7. The molecule has 0 saturated carbocycles. The SMILES string of the molecule is CCc1nccc(NC(=O)NC2(C)C=C(C(=O)N(C)C(C)(C)C)SC(C(C)(C)CC)=C2)c1CC. The molecule has 0 fully saturated rings. The van der Waals surface area contributed by atoms with Crippen LogP contribution in [0.3, 0.4) is 0 Å². The molecule has 2 rings (SSSR count). The van der Waals surface area contributed by atoms with Crippen LogP contribution in [0.1, 0.15) is 80.0 Å². The summed E-state index contributed by atoms with van der Waals surface area (Å²) in [6.45, 7) is 18.6. The van der Waals surface area contributed by atoms with Gasteiger partial charge in [-0.25, -0.2) is 4.79 Å². The van der Waals surface area contributed by atoms with Gasteiger partial charge in [0.2, 0.25) is 0 Å². The summed E-state index contributed by atoms with van der Waals surface area (Å²) in [7, 11) is 1.82. The molecule has 0 radical (unpaired) electrons. The lowest BCUT2D eigenvalue weighted by Gasteiger charge is -2.38. The fraction of sp³-hybridized carbons (Fsp3) is 0.593. The molecule has 2 N–H and O–H groups in total. The van der Waals surface area contributed by atoms with Crippen LogP contribution < -0.4 is 10.6 Å². The molecule has 0 bridgehead atoms. The van der Waals surface area contributed by atoms with Gasteiger partial charge in [-0.1, -0.05) is 46.4 Å². The number of allylic oxidation sites excluding steroid dienone is 1. The number of nitrogens with one attached hydrogen (secondary N) is 2. The number of carbonyl (C=O) groups excluding carboxylic acids is 2. The van der Waals surface area contributed by atoms with Gasteiger partial charge in [-0.2, -0.15) is 0 Å². The van der Waals surface area contributed by atoms with Crippen molar-refractivity contribution in [3.63, 3.8) is 0 Å². The number of aromatic nitrogens is 1. The Bertz CT molecular complexity index is 991. The first kappa shape index (κ1) is 28.0. The first-order valence-electron chi connectivity index (χ1n) is 12.2. The molecule has 1 aliphatic heterocycles. The van der Waals surface area contributed by atoms with Crippen LogP contribution in [0.5, 0.6) is 0 Å². The van der Waals surface area contributed by atoms with E-state index in [4.69, 9.17) is 0 Å². The molecule has 7 heteroatoms. The molecule has 1 unspecified atom stereocenters. The van der Waals surface area contributed by atoms with Crippen molar-refractivity contribution in [2.45, 2.75) is 92.7 Å². The van der Waals surface area contributed by atoms with Crippen LogP contribution in [0.25, 0.3) is 0 Å². The number of carbonyl (C=O) groups is 2. The Kier molecular flexibility index (Phi) is 8.67. The Labute approximate surface area is 210 Å². The number of hydrogen-bond acceptors (Lipinski definition) is 4. The van der Waals surface area contributed by atoms with Crippen molar-refractivity contribution in [3.05, 3.63) is 45.5 Å². The van der Waals surface area contributed by atoms with Crippen molar-refractivity contribution >= 4 is 29.4 Å². The summed E-state index contributed by atoms with van der Waals surface area (Å²) >= 11 is 1.51. The second-order valence-electron chi connectivity index (χ2n) is 10.7. The maximum Gasteiger partial charge on any atom is 0.320 e. The summed E-state index contributed by atoms with van der Waals surface area (Å²) in [6.07, 6.45) is 8.20. The molecule has 3 amide bonds. The molecule has 1 aromatic rings. The number of pyridine rings is 1. The molecular weight excluding hydrogens is 444 g/mol. The van der Waals surface area contributed by atoms with Crippen LogP contribution in [0.4, 0.5) is 10.5 Å². The fourth-order valence-corrected chi connectivity index (χ4v) is 5.16. The average molecular weight is 487 g/mol. The van der Waals surface area contributed by atoms with Gasteiger partial charge >= 0.3 is 6.03 Å². The number of nitrogens with zero attached hydrogens (tertiary/aromatic N) is 2. The average Bonchev–Trinajstić information content (AvgIpc) is 2.76. The normalized spacial score (nSPS) is 18.6. The predicted molar refractivity (Wildman–Crippen MR) is 144 cm³/mol.